The number of carbonyl (C=O) groups excluding carboxylic acids is 2. The van der Waals surface area contributed by atoms with Crippen LogP contribution in [0.25, 0.3) is 0 Å². The zero-order valence-corrected chi connectivity index (χ0v) is 14.5. The normalized spacial score (nSPS) is 18.3. The first-order valence-corrected chi connectivity index (χ1v) is 7.77. The second kappa shape index (κ2) is 7.28. The maximum Gasteiger partial charge on any atom is 0.435 e. The maximum absolute atomic E-state index is 12.4. The molecule has 0 bridgehead atoms. The summed E-state index contributed by atoms with van der Waals surface area (Å²) in [6, 6.07) is -0.508. The van der Waals surface area contributed by atoms with E-state index in [0.29, 0.717) is 24.2 Å². The van der Waals surface area contributed by atoms with Crippen LogP contribution in [0.15, 0.2) is 0 Å². The predicted molar refractivity (Wildman–Crippen MR) is 82.6 cm³/mol. The molecule has 0 saturated carbocycles. The van der Waals surface area contributed by atoms with Gasteiger partial charge in [0.1, 0.15) is 11.6 Å². The molecule has 1 aliphatic rings. The van der Waals surface area contributed by atoms with Crippen LogP contribution in [0.3, 0.4) is 0 Å². The summed E-state index contributed by atoms with van der Waals surface area (Å²) in [4.78, 5) is 28.2. The largest absolute Gasteiger partial charge is 0.442 e. The first-order chi connectivity index (χ1) is 10.0. The van der Waals surface area contributed by atoms with Crippen LogP contribution in [0.1, 0.15) is 41.5 Å². The van der Waals surface area contributed by atoms with E-state index < -0.39 is 17.7 Å². The van der Waals surface area contributed by atoms with Crippen LogP contribution < -0.4 is 0 Å². The summed E-state index contributed by atoms with van der Waals surface area (Å²) in [6.07, 6.45) is -0.908. The van der Waals surface area contributed by atoms with Gasteiger partial charge < -0.3 is 9.64 Å². The van der Waals surface area contributed by atoms with Gasteiger partial charge >= 0.3 is 6.09 Å². The van der Waals surface area contributed by atoms with Crippen molar-refractivity contribution in [1.82, 2.24) is 14.9 Å². The van der Waals surface area contributed by atoms with Crippen LogP contribution in [-0.2, 0) is 9.53 Å². The zero-order chi connectivity index (χ0) is 17.1. The van der Waals surface area contributed by atoms with Crippen molar-refractivity contribution in [2.24, 2.45) is 0 Å². The number of nitrogens with zero attached hydrogens (tertiary/aromatic N) is 3. The summed E-state index contributed by atoms with van der Waals surface area (Å²) < 4.78 is 5.06. The number of carbonyl (C=O) groups is 2. The van der Waals surface area contributed by atoms with Gasteiger partial charge in [0, 0.05) is 32.2 Å². The number of rotatable bonds is 3. The smallest absolute Gasteiger partial charge is 0.435 e. The Kier molecular flexibility index (Phi) is 6.19. The molecule has 7 heteroatoms. The van der Waals surface area contributed by atoms with Crippen molar-refractivity contribution in [3.8, 4) is 0 Å². The maximum atomic E-state index is 12.4. The third-order valence-corrected chi connectivity index (χ3v) is 3.66. The monoisotopic (exact) mass is 315 g/mol. The van der Waals surface area contributed by atoms with Crippen LogP contribution in [0.2, 0.25) is 0 Å². The molecule has 0 unspecified atom stereocenters. The average Bonchev–Trinajstić information content (AvgIpc) is 2.43. The molecule has 1 saturated heterocycles. The van der Waals surface area contributed by atoms with Gasteiger partial charge in [-0.05, 0) is 41.5 Å². The Balaban J connectivity index is 2.56. The standard InChI is InChI=1S/C15H29N3O4/c1-11(2)16-7-9-17(10-8-16)13(19)12(3)18(21)14(20)22-15(4,5)6/h11-12,21H,7-10H2,1-6H3/t12-/m0/s1. The number of amides is 2. The van der Waals surface area contributed by atoms with Crippen LogP contribution >= 0.6 is 0 Å². The molecule has 0 aromatic carbocycles. The average molecular weight is 315 g/mol. The molecular weight excluding hydrogens is 286 g/mol. The van der Waals surface area contributed by atoms with Crippen LogP contribution in [-0.4, -0.2) is 75.9 Å². The van der Waals surface area contributed by atoms with Gasteiger partial charge in [0.2, 0.25) is 5.91 Å². The zero-order valence-electron chi connectivity index (χ0n) is 14.5. The lowest BCUT2D eigenvalue weighted by atomic mass is 10.2. The lowest BCUT2D eigenvalue weighted by molar-refractivity contribution is -0.158. The van der Waals surface area contributed by atoms with Crippen molar-refractivity contribution in [2.75, 3.05) is 26.2 Å². The van der Waals surface area contributed by atoms with Crippen molar-refractivity contribution in [3.63, 3.8) is 0 Å². The third-order valence-electron chi connectivity index (χ3n) is 3.66. The third kappa shape index (κ3) is 5.14. The van der Waals surface area contributed by atoms with Gasteiger partial charge in [-0.1, -0.05) is 0 Å². The Morgan fingerprint density at radius 2 is 1.59 bits per heavy atom. The molecule has 0 aromatic heterocycles. The van der Waals surface area contributed by atoms with E-state index >= 15 is 0 Å². The number of ether oxygens (including phenoxy) is 1. The molecule has 1 heterocycles. The molecule has 1 atom stereocenters. The van der Waals surface area contributed by atoms with E-state index in [9.17, 15) is 14.8 Å². The first-order valence-electron chi connectivity index (χ1n) is 7.77. The molecule has 0 radical (unpaired) electrons. The summed E-state index contributed by atoms with van der Waals surface area (Å²) in [5, 5.41) is 10.3. The molecule has 0 aliphatic carbocycles. The Hall–Kier alpha value is -1.34. The molecule has 1 rings (SSSR count). The van der Waals surface area contributed by atoms with E-state index in [1.54, 1.807) is 25.7 Å². The summed E-state index contributed by atoms with van der Waals surface area (Å²) in [5.41, 5.74) is -0.719. The van der Waals surface area contributed by atoms with Gasteiger partial charge in [-0.25, -0.2) is 4.79 Å². The van der Waals surface area contributed by atoms with Crippen molar-refractivity contribution in [1.29, 1.82) is 0 Å². The summed E-state index contributed by atoms with van der Waals surface area (Å²) in [6.45, 7) is 13.7. The first kappa shape index (κ1) is 18.7. The van der Waals surface area contributed by atoms with Crippen molar-refractivity contribution >= 4 is 12.0 Å². The fourth-order valence-corrected chi connectivity index (χ4v) is 2.29. The minimum absolute atomic E-state index is 0.267. The van der Waals surface area contributed by atoms with Gasteiger partial charge in [0.25, 0.3) is 0 Å². The van der Waals surface area contributed by atoms with E-state index in [1.165, 1.54) is 6.92 Å². The molecule has 1 N–H and O–H groups in total. The Morgan fingerprint density at radius 3 is 2.00 bits per heavy atom. The highest BCUT2D eigenvalue weighted by atomic mass is 16.6. The second-order valence-corrected chi connectivity index (χ2v) is 6.96. The molecule has 2 amide bonds. The van der Waals surface area contributed by atoms with E-state index in [4.69, 9.17) is 4.74 Å². The summed E-state index contributed by atoms with van der Waals surface area (Å²) in [5.74, 6) is -0.267. The number of hydrogen-bond donors (Lipinski definition) is 1. The van der Waals surface area contributed by atoms with Crippen molar-refractivity contribution in [3.05, 3.63) is 0 Å². The van der Waals surface area contributed by atoms with E-state index in [-0.39, 0.29) is 5.91 Å². The molecule has 1 aliphatic heterocycles. The van der Waals surface area contributed by atoms with Gasteiger partial charge in [-0.2, -0.15) is 5.06 Å². The van der Waals surface area contributed by atoms with Crippen molar-refractivity contribution < 1.29 is 19.5 Å². The van der Waals surface area contributed by atoms with E-state index in [2.05, 4.69) is 18.7 Å². The molecule has 22 heavy (non-hydrogen) atoms. The quantitative estimate of drug-likeness (QED) is 0.632. The number of hydroxylamine groups is 2. The second-order valence-electron chi connectivity index (χ2n) is 6.96. The Labute approximate surface area is 132 Å². The minimum atomic E-state index is -0.958. The molecular formula is C15H29N3O4. The topological polar surface area (TPSA) is 73.3 Å². The molecule has 7 nitrogen and oxygen atoms in total. The van der Waals surface area contributed by atoms with Gasteiger partial charge in [0.15, 0.2) is 0 Å². The lowest BCUT2D eigenvalue weighted by Gasteiger charge is -2.38. The molecule has 128 valence electrons. The van der Waals surface area contributed by atoms with Crippen molar-refractivity contribution in [2.45, 2.75) is 59.2 Å². The number of piperazine rings is 1. The highest BCUT2D eigenvalue weighted by Gasteiger charge is 2.33. The molecule has 1 fully saturated rings. The fourth-order valence-electron chi connectivity index (χ4n) is 2.29. The lowest BCUT2D eigenvalue weighted by Crippen LogP contribution is -2.55. The number of hydrogen-bond acceptors (Lipinski definition) is 5. The Bertz CT molecular complexity index is 398. The predicted octanol–water partition coefficient (Wildman–Crippen LogP) is 1.55. The SMILES string of the molecule is CC(C)N1CCN(C(=O)[C@H](C)N(O)C(=O)OC(C)(C)C)CC1. The van der Waals surface area contributed by atoms with Gasteiger partial charge in [0.05, 0.1) is 0 Å². The van der Waals surface area contributed by atoms with Crippen LogP contribution in [0.5, 0.6) is 0 Å². The van der Waals surface area contributed by atoms with Crippen LogP contribution in [0, 0.1) is 0 Å². The molecule has 0 aromatic rings. The highest BCUT2D eigenvalue weighted by molar-refractivity contribution is 5.85. The van der Waals surface area contributed by atoms with E-state index in [0.717, 1.165) is 13.1 Å². The van der Waals surface area contributed by atoms with Gasteiger partial charge in [-0.3, -0.25) is 14.9 Å². The van der Waals surface area contributed by atoms with Crippen LogP contribution in [0.4, 0.5) is 4.79 Å². The molecule has 0 spiro atoms. The minimum Gasteiger partial charge on any atom is -0.442 e. The van der Waals surface area contributed by atoms with E-state index in [1.807, 2.05) is 0 Å². The summed E-state index contributed by atoms with van der Waals surface area (Å²) >= 11 is 0. The highest BCUT2D eigenvalue weighted by Crippen LogP contribution is 2.13. The van der Waals surface area contributed by atoms with Gasteiger partial charge in [-0.15, -0.1) is 0 Å². The summed E-state index contributed by atoms with van der Waals surface area (Å²) in [7, 11) is 0. The Morgan fingerprint density at radius 1 is 1.09 bits per heavy atom. The fraction of sp³-hybridized carbons (Fsp3) is 0.867.